The van der Waals surface area contributed by atoms with Gasteiger partial charge in [0.2, 0.25) is 5.91 Å². The molecule has 1 aromatic carbocycles. The number of carbonyl (C=O) groups is 1. The van der Waals surface area contributed by atoms with Crippen LogP contribution in [0.1, 0.15) is 68.4 Å². The lowest BCUT2D eigenvalue weighted by Crippen LogP contribution is -2.64. The minimum absolute atomic E-state index is 0.0284. The second-order valence-electron chi connectivity index (χ2n) is 8.68. The zero-order valence-electron chi connectivity index (χ0n) is 17.1. The van der Waals surface area contributed by atoms with Gasteiger partial charge in [0.15, 0.2) is 5.82 Å². The number of H-pyrrole nitrogens is 1. The molecular formula is C21H31N7O. The van der Waals surface area contributed by atoms with Crippen molar-refractivity contribution in [2.75, 3.05) is 0 Å². The van der Waals surface area contributed by atoms with Gasteiger partial charge in [-0.2, -0.15) is 5.21 Å². The van der Waals surface area contributed by atoms with Gasteiger partial charge in [-0.1, -0.05) is 29.5 Å². The van der Waals surface area contributed by atoms with Crippen molar-refractivity contribution in [1.82, 2.24) is 31.3 Å². The van der Waals surface area contributed by atoms with Crippen molar-refractivity contribution in [3.8, 4) is 0 Å². The van der Waals surface area contributed by atoms with Gasteiger partial charge in [0.1, 0.15) is 6.04 Å². The molecule has 8 heteroatoms. The van der Waals surface area contributed by atoms with Crippen molar-refractivity contribution in [1.29, 1.82) is 0 Å². The van der Waals surface area contributed by atoms with E-state index in [1.807, 2.05) is 6.92 Å². The van der Waals surface area contributed by atoms with Gasteiger partial charge in [-0.25, -0.2) is 0 Å². The number of tetrazole rings is 1. The largest absolute Gasteiger partial charge is 0.368 e. The molecule has 2 aromatic rings. The molecule has 2 fully saturated rings. The molecule has 156 valence electrons. The van der Waals surface area contributed by atoms with Crippen LogP contribution in [0.2, 0.25) is 0 Å². The molecule has 5 N–H and O–H groups in total. The smallest absolute Gasteiger partial charge is 0.236 e. The van der Waals surface area contributed by atoms with E-state index in [2.05, 4.69) is 62.4 Å². The average Bonchev–Trinajstić information content (AvgIpc) is 3.22. The molecule has 1 saturated heterocycles. The van der Waals surface area contributed by atoms with Crippen LogP contribution in [0, 0.1) is 5.92 Å². The molecule has 4 atom stereocenters. The highest BCUT2D eigenvalue weighted by Crippen LogP contribution is 2.37. The first-order valence-electron chi connectivity index (χ1n) is 10.6. The summed E-state index contributed by atoms with van der Waals surface area (Å²) in [4.78, 5) is 11.7. The standard InChI is InChI=1S/C21H31N7O/c1-12-19(24-20(21(22)29)13(2)23-12)17-9-7-16(8-10-17)15-5-3-14(4-6-15)11-18-25-27-28-26-18/h7-10,12-15,19-20,23-24H,3-6,11H2,1-2H3,(H2,22,29)(H,25,26,27,28)/t12-,13-,14?,15?,19+,20?/m1/s1. The van der Waals surface area contributed by atoms with Gasteiger partial charge in [-0.15, -0.1) is 10.2 Å². The van der Waals surface area contributed by atoms with Crippen LogP contribution < -0.4 is 16.4 Å². The molecule has 0 spiro atoms. The van der Waals surface area contributed by atoms with Crippen LogP contribution in [-0.2, 0) is 11.2 Å². The summed E-state index contributed by atoms with van der Waals surface area (Å²) in [5.41, 5.74) is 8.16. The highest BCUT2D eigenvalue weighted by molar-refractivity contribution is 5.81. The molecule has 2 aliphatic rings. The summed E-state index contributed by atoms with van der Waals surface area (Å²) >= 11 is 0. The second-order valence-corrected chi connectivity index (χ2v) is 8.68. The van der Waals surface area contributed by atoms with Crippen molar-refractivity contribution >= 4 is 5.91 Å². The van der Waals surface area contributed by atoms with Gasteiger partial charge in [-0.3, -0.25) is 10.1 Å². The first-order valence-corrected chi connectivity index (χ1v) is 10.6. The third kappa shape index (κ3) is 4.48. The quantitative estimate of drug-likeness (QED) is 0.608. The van der Waals surface area contributed by atoms with E-state index < -0.39 is 0 Å². The van der Waals surface area contributed by atoms with Crippen LogP contribution in [0.5, 0.6) is 0 Å². The molecule has 0 bridgehead atoms. The molecule has 8 nitrogen and oxygen atoms in total. The van der Waals surface area contributed by atoms with Crippen molar-refractivity contribution in [2.24, 2.45) is 11.7 Å². The molecule has 4 rings (SSSR count). The fraction of sp³-hybridized carbons (Fsp3) is 0.619. The van der Waals surface area contributed by atoms with E-state index in [9.17, 15) is 4.79 Å². The Morgan fingerprint density at radius 3 is 2.34 bits per heavy atom. The van der Waals surface area contributed by atoms with Gasteiger partial charge in [0.05, 0.1) is 0 Å². The number of amides is 1. The Hall–Kier alpha value is -2.32. The minimum Gasteiger partial charge on any atom is -0.368 e. The zero-order chi connectivity index (χ0) is 20.4. The summed E-state index contributed by atoms with van der Waals surface area (Å²) in [6.45, 7) is 4.14. The number of benzene rings is 1. The molecule has 1 amide bonds. The summed E-state index contributed by atoms with van der Waals surface area (Å²) < 4.78 is 0. The Labute approximate surface area is 171 Å². The number of aromatic nitrogens is 4. The molecule has 1 unspecified atom stereocenters. The lowest BCUT2D eigenvalue weighted by Gasteiger charge is -2.40. The van der Waals surface area contributed by atoms with Crippen molar-refractivity contribution < 1.29 is 4.79 Å². The van der Waals surface area contributed by atoms with E-state index in [0.717, 1.165) is 12.2 Å². The monoisotopic (exact) mass is 397 g/mol. The zero-order valence-corrected chi connectivity index (χ0v) is 17.1. The number of nitrogens with zero attached hydrogens (tertiary/aromatic N) is 3. The van der Waals surface area contributed by atoms with Gasteiger partial charge in [-0.05, 0) is 62.5 Å². The summed E-state index contributed by atoms with van der Waals surface area (Å²) in [5, 5.41) is 21.3. The Kier molecular flexibility index (Phi) is 5.91. The average molecular weight is 398 g/mol. The van der Waals surface area contributed by atoms with Crippen molar-refractivity contribution in [3.63, 3.8) is 0 Å². The maximum atomic E-state index is 11.7. The summed E-state index contributed by atoms with van der Waals surface area (Å²) in [5.74, 6) is 1.77. The van der Waals surface area contributed by atoms with E-state index in [-0.39, 0.29) is 30.1 Å². The number of hydrogen-bond donors (Lipinski definition) is 4. The summed E-state index contributed by atoms with van der Waals surface area (Å²) in [6, 6.07) is 8.88. The highest BCUT2D eigenvalue weighted by atomic mass is 16.1. The Bertz CT molecular complexity index is 799. The molecule has 29 heavy (non-hydrogen) atoms. The second kappa shape index (κ2) is 8.59. The number of aromatic amines is 1. The Balaban J connectivity index is 1.36. The van der Waals surface area contributed by atoms with E-state index in [1.165, 1.54) is 36.8 Å². The number of rotatable bonds is 5. The lowest BCUT2D eigenvalue weighted by molar-refractivity contribution is -0.121. The minimum atomic E-state index is -0.356. The molecule has 1 saturated carbocycles. The first-order chi connectivity index (χ1) is 14.0. The number of carbonyl (C=O) groups excluding carboxylic acids is 1. The van der Waals surface area contributed by atoms with E-state index in [1.54, 1.807) is 0 Å². The van der Waals surface area contributed by atoms with Gasteiger partial charge >= 0.3 is 0 Å². The first kappa shape index (κ1) is 20.0. The molecular weight excluding hydrogens is 366 g/mol. The number of piperazine rings is 1. The molecule has 1 aromatic heterocycles. The van der Waals surface area contributed by atoms with Crippen LogP contribution in [0.15, 0.2) is 24.3 Å². The maximum absolute atomic E-state index is 11.7. The van der Waals surface area contributed by atoms with Crippen molar-refractivity contribution in [2.45, 2.75) is 76.0 Å². The Morgan fingerprint density at radius 1 is 1.03 bits per heavy atom. The summed E-state index contributed by atoms with van der Waals surface area (Å²) in [7, 11) is 0. The molecule has 1 aliphatic heterocycles. The SMILES string of the molecule is C[C@H]1N[C@H](C)[C@@H](c2ccc(C3CCC(Cc4nn[nH]n4)CC3)cc2)NC1C(N)=O. The normalized spacial score (nSPS) is 32.8. The van der Waals surface area contributed by atoms with Gasteiger partial charge in [0.25, 0.3) is 0 Å². The third-order valence-electron chi connectivity index (χ3n) is 6.67. The van der Waals surface area contributed by atoms with Gasteiger partial charge in [0, 0.05) is 24.5 Å². The number of nitrogens with two attached hydrogens (primary N) is 1. The molecule has 1 aliphatic carbocycles. The predicted molar refractivity (Wildman–Crippen MR) is 110 cm³/mol. The highest BCUT2D eigenvalue weighted by Gasteiger charge is 2.35. The van der Waals surface area contributed by atoms with Crippen molar-refractivity contribution in [3.05, 3.63) is 41.2 Å². The fourth-order valence-corrected chi connectivity index (χ4v) is 5.01. The number of hydrogen-bond acceptors (Lipinski definition) is 6. The maximum Gasteiger partial charge on any atom is 0.236 e. The van der Waals surface area contributed by atoms with Gasteiger partial charge < -0.3 is 11.1 Å². The van der Waals surface area contributed by atoms with Crippen LogP contribution >= 0.6 is 0 Å². The molecule has 0 radical (unpaired) electrons. The third-order valence-corrected chi connectivity index (χ3v) is 6.67. The Morgan fingerprint density at radius 2 is 1.72 bits per heavy atom. The topological polar surface area (TPSA) is 122 Å². The summed E-state index contributed by atoms with van der Waals surface area (Å²) in [6.07, 6.45) is 5.71. The van der Waals surface area contributed by atoms with Crippen LogP contribution in [0.3, 0.4) is 0 Å². The molecule has 2 heterocycles. The van der Waals surface area contributed by atoms with Crippen LogP contribution in [0.25, 0.3) is 0 Å². The lowest BCUT2D eigenvalue weighted by atomic mass is 9.77. The van der Waals surface area contributed by atoms with Crippen LogP contribution in [-0.4, -0.2) is 44.7 Å². The van der Waals surface area contributed by atoms with E-state index in [0.29, 0.717) is 11.8 Å². The van der Waals surface area contributed by atoms with E-state index in [4.69, 9.17) is 5.73 Å². The number of nitrogens with one attached hydrogen (secondary N) is 3. The van der Waals surface area contributed by atoms with E-state index >= 15 is 0 Å². The van der Waals surface area contributed by atoms with Crippen LogP contribution in [0.4, 0.5) is 0 Å². The predicted octanol–water partition coefficient (Wildman–Crippen LogP) is 1.58. The fourth-order valence-electron chi connectivity index (χ4n) is 5.01. The number of primary amides is 1.